The van der Waals surface area contributed by atoms with Crippen LogP contribution in [0.5, 0.6) is 0 Å². The van der Waals surface area contributed by atoms with Gasteiger partial charge in [0, 0.05) is 29.5 Å². The van der Waals surface area contributed by atoms with E-state index >= 15 is 0 Å². The average molecular weight is 309 g/mol. The largest absolute Gasteiger partial charge is 0.375 e. The molecule has 0 aliphatic rings. The van der Waals surface area contributed by atoms with Crippen LogP contribution in [0.4, 0.5) is 0 Å². The Hall–Kier alpha value is -0.590. The lowest BCUT2D eigenvalue weighted by Gasteiger charge is -2.07. The molecule has 0 saturated carbocycles. The van der Waals surface area contributed by atoms with E-state index in [4.69, 9.17) is 15.4 Å². The minimum atomic E-state index is -3.79. The minimum absolute atomic E-state index is 0.0472. The molecule has 7 heteroatoms. The van der Waals surface area contributed by atoms with Crippen LogP contribution in [0.25, 0.3) is 0 Å². The fourth-order valence-corrected chi connectivity index (χ4v) is 2.55. The quantitative estimate of drug-likeness (QED) is 0.547. The zero-order valence-electron chi connectivity index (χ0n) is 11.6. The van der Waals surface area contributed by atoms with E-state index < -0.39 is 9.05 Å². The van der Waals surface area contributed by atoms with Crippen LogP contribution in [0.2, 0.25) is 0 Å². The van der Waals surface area contributed by atoms with Crippen molar-refractivity contribution in [3.63, 3.8) is 0 Å². The van der Waals surface area contributed by atoms with Gasteiger partial charge < -0.3 is 4.74 Å². The van der Waals surface area contributed by atoms with Gasteiger partial charge in [-0.3, -0.25) is 4.68 Å². The first-order valence-electron chi connectivity index (χ1n) is 6.50. The van der Waals surface area contributed by atoms with Crippen molar-refractivity contribution in [1.29, 1.82) is 0 Å². The summed E-state index contributed by atoms with van der Waals surface area (Å²) in [5.41, 5.74) is 0.381. The summed E-state index contributed by atoms with van der Waals surface area (Å²) in [6.45, 7) is 6.81. The maximum absolute atomic E-state index is 11.5. The molecular formula is C12H21ClN2O3S. The molecule has 5 nitrogen and oxygen atoms in total. The predicted octanol–water partition coefficient (Wildman–Crippen LogP) is 3.10. The van der Waals surface area contributed by atoms with E-state index in [1.54, 1.807) is 4.68 Å². The van der Waals surface area contributed by atoms with Crippen molar-refractivity contribution in [3.05, 3.63) is 11.9 Å². The van der Waals surface area contributed by atoms with E-state index in [9.17, 15) is 8.42 Å². The third-order valence-electron chi connectivity index (χ3n) is 2.96. The smallest absolute Gasteiger partial charge is 0.264 e. The predicted molar refractivity (Wildman–Crippen MR) is 74.8 cm³/mol. The number of unbranched alkanes of at least 4 members (excludes halogenated alkanes) is 1. The van der Waals surface area contributed by atoms with Crippen LogP contribution < -0.4 is 0 Å². The van der Waals surface area contributed by atoms with Crippen LogP contribution in [0.3, 0.4) is 0 Å². The topological polar surface area (TPSA) is 61.2 Å². The van der Waals surface area contributed by atoms with E-state index in [1.807, 2.05) is 13.8 Å². The molecule has 1 aromatic rings. The lowest BCUT2D eigenvalue weighted by molar-refractivity contribution is 0.113. The molecule has 1 aromatic heterocycles. The van der Waals surface area contributed by atoms with Crippen molar-refractivity contribution in [2.75, 3.05) is 6.61 Å². The Balaban J connectivity index is 2.90. The van der Waals surface area contributed by atoms with Gasteiger partial charge in [-0.15, -0.1) is 0 Å². The second-order valence-electron chi connectivity index (χ2n) is 4.52. The summed E-state index contributed by atoms with van der Waals surface area (Å²) >= 11 is 0. The van der Waals surface area contributed by atoms with Gasteiger partial charge in [-0.1, -0.05) is 20.3 Å². The fourth-order valence-electron chi connectivity index (χ4n) is 1.54. The van der Waals surface area contributed by atoms with E-state index in [0.717, 1.165) is 19.3 Å². The molecule has 0 amide bonds. The molecule has 1 atom stereocenters. The number of aromatic nitrogens is 2. The molecule has 19 heavy (non-hydrogen) atoms. The van der Waals surface area contributed by atoms with Crippen LogP contribution in [-0.4, -0.2) is 24.8 Å². The number of hydrogen-bond donors (Lipinski definition) is 0. The SMILES string of the molecule is CCCCOCc1nn([C@H](C)CC)cc1S(=O)(=O)Cl. The van der Waals surface area contributed by atoms with Gasteiger partial charge in [-0.05, 0) is 19.8 Å². The first-order valence-corrected chi connectivity index (χ1v) is 8.81. The van der Waals surface area contributed by atoms with Crippen molar-refractivity contribution in [1.82, 2.24) is 9.78 Å². The molecule has 1 heterocycles. The van der Waals surface area contributed by atoms with E-state index in [0.29, 0.717) is 12.3 Å². The molecule has 0 saturated heterocycles. The van der Waals surface area contributed by atoms with Gasteiger partial charge in [0.2, 0.25) is 0 Å². The number of halogens is 1. The van der Waals surface area contributed by atoms with Gasteiger partial charge in [-0.25, -0.2) is 8.42 Å². The normalized spacial score (nSPS) is 13.7. The van der Waals surface area contributed by atoms with E-state index in [2.05, 4.69) is 12.0 Å². The summed E-state index contributed by atoms with van der Waals surface area (Å²) in [7, 11) is 1.64. The molecule has 0 spiro atoms. The fraction of sp³-hybridized carbons (Fsp3) is 0.750. The lowest BCUT2D eigenvalue weighted by atomic mass is 10.3. The molecule has 110 valence electrons. The van der Waals surface area contributed by atoms with Crippen molar-refractivity contribution in [2.24, 2.45) is 0 Å². The third kappa shape index (κ3) is 4.78. The average Bonchev–Trinajstić information content (AvgIpc) is 2.77. The molecule has 1 rings (SSSR count). The Morgan fingerprint density at radius 2 is 2.16 bits per heavy atom. The molecular weight excluding hydrogens is 288 g/mol. The molecule has 0 bridgehead atoms. The molecule has 0 N–H and O–H groups in total. The number of ether oxygens (including phenoxy) is 1. The number of rotatable bonds is 8. The summed E-state index contributed by atoms with van der Waals surface area (Å²) in [5.74, 6) is 0. The summed E-state index contributed by atoms with van der Waals surface area (Å²) in [6.07, 6.45) is 4.31. The van der Waals surface area contributed by atoms with Crippen molar-refractivity contribution in [2.45, 2.75) is 57.6 Å². The maximum Gasteiger partial charge on any atom is 0.264 e. The van der Waals surface area contributed by atoms with Crippen LogP contribution in [-0.2, 0) is 20.4 Å². The summed E-state index contributed by atoms with van der Waals surface area (Å²) in [6, 6.07) is 0.126. The number of hydrogen-bond acceptors (Lipinski definition) is 4. The minimum Gasteiger partial charge on any atom is -0.375 e. The van der Waals surface area contributed by atoms with E-state index in [1.165, 1.54) is 6.20 Å². The van der Waals surface area contributed by atoms with Gasteiger partial charge in [0.15, 0.2) is 0 Å². The maximum atomic E-state index is 11.5. The van der Waals surface area contributed by atoms with Crippen molar-refractivity contribution in [3.8, 4) is 0 Å². The second-order valence-corrected chi connectivity index (χ2v) is 7.06. The number of nitrogens with zero attached hydrogens (tertiary/aromatic N) is 2. The molecule has 0 aliphatic heterocycles. The summed E-state index contributed by atoms with van der Waals surface area (Å²) < 4.78 is 30.1. The molecule has 0 radical (unpaired) electrons. The van der Waals surface area contributed by atoms with Crippen molar-refractivity contribution >= 4 is 19.7 Å². The molecule has 0 unspecified atom stereocenters. The standard InChI is InChI=1S/C12H21ClN2O3S/c1-4-6-7-18-9-11-12(19(13,16)17)8-15(14-11)10(3)5-2/h8,10H,4-7,9H2,1-3H3/t10-/m1/s1. The zero-order valence-corrected chi connectivity index (χ0v) is 13.2. The van der Waals surface area contributed by atoms with E-state index in [-0.39, 0.29) is 17.5 Å². The Kier molecular flexibility index (Phi) is 6.29. The van der Waals surface area contributed by atoms with Crippen LogP contribution in [0, 0.1) is 0 Å². The molecule has 0 aliphatic carbocycles. The lowest BCUT2D eigenvalue weighted by Crippen LogP contribution is -2.05. The Bertz CT molecular complexity index is 499. The monoisotopic (exact) mass is 308 g/mol. The van der Waals surface area contributed by atoms with Gasteiger partial charge in [0.05, 0.1) is 6.61 Å². The van der Waals surface area contributed by atoms with Crippen molar-refractivity contribution < 1.29 is 13.2 Å². The highest BCUT2D eigenvalue weighted by Crippen LogP contribution is 2.22. The van der Waals surface area contributed by atoms with Gasteiger partial charge in [0.25, 0.3) is 9.05 Å². The Morgan fingerprint density at radius 3 is 2.68 bits per heavy atom. The van der Waals surface area contributed by atoms with Crippen LogP contribution in [0.15, 0.2) is 11.1 Å². The Morgan fingerprint density at radius 1 is 1.47 bits per heavy atom. The first kappa shape index (κ1) is 16.5. The highest BCUT2D eigenvalue weighted by molar-refractivity contribution is 8.13. The molecule has 0 aromatic carbocycles. The van der Waals surface area contributed by atoms with Gasteiger partial charge >= 0.3 is 0 Å². The summed E-state index contributed by atoms with van der Waals surface area (Å²) in [4.78, 5) is 0.0472. The highest BCUT2D eigenvalue weighted by Gasteiger charge is 2.21. The van der Waals surface area contributed by atoms with Gasteiger partial charge in [-0.2, -0.15) is 5.10 Å². The Labute approximate surface area is 119 Å². The first-order chi connectivity index (χ1) is 8.90. The molecule has 0 fully saturated rings. The van der Waals surface area contributed by atoms with Crippen LogP contribution in [0.1, 0.15) is 51.8 Å². The third-order valence-corrected chi connectivity index (χ3v) is 4.32. The van der Waals surface area contributed by atoms with Gasteiger partial charge in [0.1, 0.15) is 10.6 Å². The zero-order chi connectivity index (χ0) is 14.5. The van der Waals surface area contributed by atoms with Crippen LogP contribution >= 0.6 is 10.7 Å². The highest BCUT2D eigenvalue weighted by atomic mass is 35.7. The second kappa shape index (κ2) is 7.26. The summed E-state index contributed by atoms with van der Waals surface area (Å²) in [5, 5.41) is 4.27.